The lowest BCUT2D eigenvalue weighted by Crippen LogP contribution is -2.47. The molecule has 1 heterocycles. The van der Waals surface area contributed by atoms with E-state index in [9.17, 15) is 4.79 Å². The Morgan fingerprint density at radius 2 is 2.21 bits per heavy atom. The highest BCUT2D eigenvalue weighted by atomic mass is 127. The van der Waals surface area contributed by atoms with Gasteiger partial charge in [0.2, 0.25) is 5.91 Å². The Morgan fingerprint density at radius 1 is 1.46 bits per heavy atom. The van der Waals surface area contributed by atoms with E-state index < -0.39 is 0 Å². The molecule has 1 unspecified atom stereocenters. The Kier molecular flexibility index (Phi) is 13.3. The predicted molar refractivity (Wildman–Crippen MR) is 109 cm³/mol. The molecular weight excluding hydrogens is 421 g/mol. The second-order valence-corrected chi connectivity index (χ2v) is 6.16. The molecule has 0 spiro atoms. The maximum absolute atomic E-state index is 11.1. The first kappa shape index (κ1) is 23.4. The Hall–Kier alpha value is -0.610. The van der Waals surface area contributed by atoms with Crippen LogP contribution in [0.25, 0.3) is 0 Å². The van der Waals surface area contributed by atoms with Crippen LogP contribution < -0.4 is 11.1 Å². The number of amides is 1. The molecule has 1 aliphatic heterocycles. The number of primary amides is 1. The number of methoxy groups -OCH3 is 1. The monoisotopic (exact) mass is 455 g/mol. The van der Waals surface area contributed by atoms with E-state index in [1.807, 2.05) is 0 Å². The fourth-order valence-corrected chi connectivity index (χ4v) is 2.82. The van der Waals surface area contributed by atoms with Crippen LogP contribution in [0.1, 0.15) is 26.2 Å². The van der Waals surface area contributed by atoms with Crippen molar-refractivity contribution in [3.63, 3.8) is 0 Å². The van der Waals surface area contributed by atoms with E-state index in [2.05, 4.69) is 29.1 Å². The molecule has 1 fully saturated rings. The number of carbonyl (C=O) groups is 1. The zero-order valence-electron chi connectivity index (χ0n) is 15.3. The second kappa shape index (κ2) is 13.7. The van der Waals surface area contributed by atoms with Crippen LogP contribution in [0.5, 0.6) is 0 Å². The molecule has 1 amide bonds. The molecule has 7 nitrogen and oxygen atoms in total. The number of piperidine rings is 1. The molecule has 1 atom stereocenters. The molecule has 1 rings (SSSR count). The third-order valence-electron chi connectivity index (χ3n) is 4.06. The van der Waals surface area contributed by atoms with Crippen LogP contribution in [0.15, 0.2) is 4.99 Å². The topological polar surface area (TPSA) is 83.2 Å². The van der Waals surface area contributed by atoms with Crippen molar-refractivity contribution in [1.82, 2.24) is 15.1 Å². The number of hydrogen-bond donors (Lipinski definition) is 2. The fraction of sp³-hybridized carbons (Fsp3) is 0.875. The van der Waals surface area contributed by atoms with Gasteiger partial charge in [0.1, 0.15) is 0 Å². The van der Waals surface area contributed by atoms with Crippen molar-refractivity contribution in [3.8, 4) is 0 Å². The van der Waals surface area contributed by atoms with E-state index in [0.717, 1.165) is 64.7 Å². The summed E-state index contributed by atoms with van der Waals surface area (Å²) in [5.74, 6) is 1.08. The molecule has 0 saturated carbocycles. The SMILES string of the molecule is CCNC(=NCCN(C)CCOC)N1CCCC(CC(N)=O)C1.I. The lowest BCUT2D eigenvalue weighted by molar-refractivity contribution is -0.119. The largest absolute Gasteiger partial charge is 0.383 e. The highest BCUT2D eigenvalue weighted by molar-refractivity contribution is 14.0. The van der Waals surface area contributed by atoms with Crippen LogP contribution in [-0.2, 0) is 9.53 Å². The van der Waals surface area contributed by atoms with Crippen molar-refractivity contribution in [2.45, 2.75) is 26.2 Å². The van der Waals surface area contributed by atoms with Gasteiger partial charge in [-0.1, -0.05) is 0 Å². The molecular formula is C16H34IN5O2. The van der Waals surface area contributed by atoms with E-state index in [0.29, 0.717) is 12.3 Å². The van der Waals surface area contributed by atoms with Crippen LogP contribution in [0.2, 0.25) is 0 Å². The van der Waals surface area contributed by atoms with Gasteiger partial charge in [-0.25, -0.2) is 0 Å². The van der Waals surface area contributed by atoms with Crippen molar-refractivity contribution >= 4 is 35.8 Å². The van der Waals surface area contributed by atoms with Crippen LogP contribution in [0, 0.1) is 5.92 Å². The number of hydrogen-bond acceptors (Lipinski definition) is 4. The summed E-state index contributed by atoms with van der Waals surface area (Å²) in [6, 6.07) is 0. The van der Waals surface area contributed by atoms with Gasteiger partial charge in [-0.05, 0) is 32.7 Å². The quantitative estimate of drug-likeness (QED) is 0.305. The summed E-state index contributed by atoms with van der Waals surface area (Å²) in [7, 11) is 3.79. The highest BCUT2D eigenvalue weighted by Gasteiger charge is 2.23. The Labute approximate surface area is 163 Å². The van der Waals surface area contributed by atoms with Gasteiger partial charge in [-0.2, -0.15) is 0 Å². The number of nitrogens with two attached hydrogens (primary N) is 1. The maximum atomic E-state index is 11.1. The minimum Gasteiger partial charge on any atom is -0.383 e. The molecule has 142 valence electrons. The number of likely N-dealkylation sites (tertiary alicyclic amines) is 1. The van der Waals surface area contributed by atoms with E-state index in [-0.39, 0.29) is 29.9 Å². The van der Waals surface area contributed by atoms with Crippen molar-refractivity contribution in [2.24, 2.45) is 16.6 Å². The number of aliphatic imine (C=N–C) groups is 1. The number of rotatable bonds is 9. The molecule has 0 aliphatic carbocycles. The lowest BCUT2D eigenvalue weighted by Gasteiger charge is -2.34. The summed E-state index contributed by atoms with van der Waals surface area (Å²) in [6.45, 7) is 8.06. The minimum absolute atomic E-state index is 0. The third kappa shape index (κ3) is 9.63. The minimum atomic E-state index is -0.210. The molecule has 0 aromatic carbocycles. The molecule has 24 heavy (non-hydrogen) atoms. The first-order valence-electron chi connectivity index (χ1n) is 8.55. The summed E-state index contributed by atoms with van der Waals surface area (Å²) in [5, 5.41) is 3.36. The van der Waals surface area contributed by atoms with Crippen LogP contribution >= 0.6 is 24.0 Å². The van der Waals surface area contributed by atoms with Gasteiger partial charge < -0.3 is 25.6 Å². The summed E-state index contributed by atoms with van der Waals surface area (Å²) in [4.78, 5) is 20.3. The van der Waals surface area contributed by atoms with Crippen LogP contribution in [0.4, 0.5) is 0 Å². The number of halogens is 1. The molecule has 1 aliphatic rings. The summed E-state index contributed by atoms with van der Waals surface area (Å²) >= 11 is 0. The van der Waals surface area contributed by atoms with Crippen molar-refractivity contribution in [1.29, 1.82) is 0 Å². The first-order valence-corrected chi connectivity index (χ1v) is 8.55. The molecule has 0 aromatic rings. The van der Waals surface area contributed by atoms with Gasteiger partial charge in [0, 0.05) is 46.3 Å². The zero-order valence-corrected chi connectivity index (χ0v) is 17.6. The van der Waals surface area contributed by atoms with E-state index in [4.69, 9.17) is 15.5 Å². The normalized spacial score (nSPS) is 18.4. The second-order valence-electron chi connectivity index (χ2n) is 6.16. The van der Waals surface area contributed by atoms with Crippen LogP contribution in [-0.4, -0.2) is 81.7 Å². The molecule has 0 bridgehead atoms. The lowest BCUT2D eigenvalue weighted by atomic mass is 9.95. The van der Waals surface area contributed by atoms with Gasteiger partial charge in [0.05, 0.1) is 13.2 Å². The Balaban J connectivity index is 0.00000529. The van der Waals surface area contributed by atoms with Crippen LogP contribution in [0.3, 0.4) is 0 Å². The summed E-state index contributed by atoms with van der Waals surface area (Å²) in [5.41, 5.74) is 5.34. The fourth-order valence-electron chi connectivity index (χ4n) is 2.82. The Bertz CT molecular complexity index is 381. The highest BCUT2D eigenvalue weighted by Crippen LogP contribution is 2.19. The first-order chi connectivity index (χ1) is 11.1. The number of carbonyl (C=O) groups excluding carboxylic acids is 1. The van der Waals surface area contributed by atoms with Gasteiger partial charge in [0.15, 0.2) is 5.96 Å². The number of nitrogens with one attached hydrogen (secondary N) is 1. The average Bonchev–Trinajstić information content (AvgIpc) is 2.51. The van der Waals surface area contributed by atoms with Crippen molar-refractivity contribution < 1.29 is 9.53 Å². The average molecular weight is 455 g/mol. The Morgan fingerprint density at radius 3 is 2.83 bits per heavy atom. The van der Waals surface area contributed by atoms with E-state index in [1.54, 1.807) is 7.11 Å². The molecule has 0 aromatic heterocycles. The summed E-state index contributed by atoms with van der Waals surface area (Å²) < 4.78 is 5.08. The molecule has 3 N–H and O–H groups in total. The van der Waals surface area contributed by atoms with Crippen molar-refractivity contribution in [3.05, 3.63) is 0 Å². The molecule has 1 saturated heterocycles. The third-order valence-corrected chi connectivity index (χ3v) is 4.06. The van der Waals surface area contributed by atoms with Crippen molar-refractivity contribution in [2.75, 3.05) is 60.0 Å². The summed E-state index contributed by atoms with van der Waals surface area (Å²) in [6.07, 6.45) is 2.62. The van der Waals surface area contributed by atoms with E-state index >= 15 is 0 Å². The molecule has 8 heteroatoms. The maximum Gasteiger partial charge on any atom is 0.217 e. The van der Waals surface area contributed by atoms with E-state index in [1.165, 1.54) is 0 Å². The standard InChI is InChI=1S/C16H33N5O2.HI/c1-4-18-16(19-7-9-20(2)10-11-23-3)21-8-5-6-14(13-21)12-15(17)22;/h14H,4-13H2,1-3H3,(H2,17,22)(H,18,19);1H. The number of nitrogens with zero attached hydrogens (tertiary/aromatic N) is 3. The predicted octanol–water partition coefficient (Wildman–Crippen LogP) is 0.736. The number of ether oxygens (including phenoxy) is 1. The van der Waals surface area contributed by atoms with Gasteiger partial charge in [-0.15, -0.1) is 24.0 Å². The van der Waals surface area contributed by atoms with Gasteiger partial charge in [0.25, 0.3) is 0 Å². The van der Waals surface area contributed by atoms with Gasteiger partial charge >= 0.3 is 0 Å². The smallest absolute Gasteiger partial charge is 0.217 e. The number of guanidine groups is 1. The zero-order chi connectivity index (χ0) is 17.1. The number of likely N-dealkylation sites (N-methyl/N-ethyl adjacent to an activating group) is 1. The van der Waals surface area contributed by atoms with Gasteiger partial charge in [-0.3, -0.25) is 9.79 Å². The molecule has 0 radical (unpaired) electrons.